The Hall–Kier alpha value is -1.94. The number of hydrogen-bond acceptors (Lipinski definition) is 2. The van der Waals surface area contributed by atoms with Crippen LogP contribution >= 0.6 is 11.6 Å². The van der Waals surface area contributed by atoms with E-state index in [0.29, 0.717) is 0 Å². The largest absolute Gasteiger partial charge is 0.494 e. The lowest BCUT2D eigenvalue weighted by Crippen LogP contribution is -2.04. The van der Waals surface area contributed by atoms with E-state index in [1.54, 1.807) is 0 Å². The van der Waals surface area contributed by atoms with Gasteiger partial charge in [0.1, 0.15) is 5.82 Å². The molecule has 0 amide bonds. The molecular formula is C14H9ClF2O2. The van der Waals surface area contributed by atoms with Crippen molar-refractivity contribution in [3.05, 3.63) is 64.2 Å². The van der Waals surface area contributed by atoms with Crippen LogP contribution in [0.4, 0.5) is 8.78 Å². The molecule has 0 atom stereocenters. The molecule has 0 heterocycles. The first kappa shape index (κ1) is 13.5. The fourth-order valence-electron chi connectivity index (χ4n) is 1.64. The van der Waals surface area contributed by atoms with Gasteiger partial charge in [-0.1, -0.05) is 17.7 Å². The fraction of sp³-hybridized carbons (Fsp3) is 0.0714. The molecule has 2 aromatic carbocycles. The van der Waals surface area contributed by atoms with Crippen LogP contribution in [0, 0.1) is 11.6 Å². The fourth-order valence-corrected chi connectivity index (χ4v) is 1.85. The van der Waals surface area contributed by atoms with E-state index in [9.17, 15) is 13.6 Å². The zero-order chi connectivity index (χ0) is 14.0. The lowest BCUT2D eigenvalue weighted by atomic mass is 10.0. The summed E-state index contributed by atoms with van der Waals surface area (Å²) in [6.07, 6.45) is 0. The Kier molecular flexibility index (Phi) is 3.81. The van der Waals surface area contributed by atoms with Crippen molar-refractivity contribution in [3.63, 3.8) is 0 Å². The Morgan fingerprint density at radius 1 is 1.16 bits per heavy atom. The maximum atomic E-state index is 13.5. The van der Waals surface area contributed by atoms with Crippen LogP contribution in [0.3, 0.4) is 0 Å². The molecule has 19 heavy (non-hydrogen) atoms. The van der Waals surface area contributed by atoms with Crippen LogP contribution < -0.4 is 4.74 Å². The minimum Gasteiger partial charge on any atom is -0.494 e. The predicted octanol–water partition coefficient (Wildman–Crippen LogP) is 3.86. The second-order valence-corrected chi connectivity index (χ2v) is 4.16. The van der Waals surface area contributed by atoms with E-state index < -0.39 is 17.4 Å². The average molecular weight is 283 g/mol. The Morgan fingerprint density at radius 2 is 1.89 bits per heavy atom. The monoisotopic (exact) mass is 282 g/mol. The first-order valence-electron chi connectivity index (χ1n) is 5.37. The van der Waals surface area contributed by atoms with Crippen molar-refractivity contribution in [1.29, 1.82) is 0 Å². The first-order valence-corrected chi connectivity index (χ1v) is 5.74. The van der Waals surface area contributed by atoms with Gasteiger partial charge in [0, 0.05) is 11.1 Å². The third-order valence-corrected chi connectivity index (χ3v) is 2.99. The number of ether oxygens (including phenoxy) is 1. The highest BCUT2D eigenvalue weighted by atomic mass is 35.5. The molecule has 0 saturated carbocycles. The van der Waals surface area contributed by atoms with Crippen molar-refractivity contribution in [2.24, 2.45) is 0 Å². The van der Waals surface area contributed by atoms with Gasteiger partial charge in [-0.05, 0) is 30.3 Å². The number of hydrogen-bond donors (Lipinski definition) is 0. The molecular weight excluding hydrogens is 274 g/mol. The van der Waals surface area contributed by atoms with Crippen LogP contribution in [0.2, 0.25) is 5.02 Å². The van der Waals surface area contributed by atoms with E-state index in [-0.39, 0.29) is 21.9 Å². The molecule has 0 spiro atoms. The number of rotatable bonds is 3. The van der Waals surface area contributed by atoms with Gasteiger partial charge in [-0.2, -0.15) is 0 Å². The summed E-state index contributed by atoms with van der Waals surface area (Å²) in [7, 11) is 1.32. The first-order chi connectivity index (χ1) is 9.04. The molecule has 0 unspecified atom stereocenters. The van der Waals surface area contributed by atoms with E-state index >= 15 is 0 Å². The van der Waals surface area contributed by atoms with E-state index in [2.05, 4.69) is 0 Å². The third kappa shape index (κ3) is 2.58. The van der Waals surface area contributed by atoms with Crippen LogP contribution in [-0.2, 0) is 0 Å². The maximum absolute atomic E-state index is 13.5. The molecule has 0 aliphatic heterocycles. The number of benzene rings is 2. The normalized spacial score (nSPS) is 10.3. The number of ketones is 1. The van der Waals surface area contributed by atoms with Crippen LogP contribution in [0.15, 0.2) is 36.4 Å². The van der Waals surface area contributed by atoms with Gasteiger partial charge in [0.2, 0.25) is 0 Å². The molecule has 0 saturated heterocycles. The summed E-state index contributed by atoms with van der Waals surface area (Å²) >= 11 is 5.72. The Balaban J connectivity index is 2.44. The minimum absolute atomic E-state index is 0.00812. The SMILES string of the molecule is COc1ccc(C(=O)c2cccc(F)c2Cl)cc1F. The summed E-state index contributed by atoms with van der Waals surface area (Å²) in [4.78, 5) is 12.1. The van der Waals surface area contributed by atoms with Gasteiger partial charge in [0.25, 0.3) is 0 Å². The van der Waals surface area contributed by atoms with Crippen LogP contribution in [0.5, 0.6) is 5.75 Å². The van der Waals surface area contributed by atoms with Gasteiger partial charge < -0.3 is 4.74 Å². The van der Waals surface area contributed by atoms with Gasteiger partial charge in [0.05, 0.1) is 12.1 Å². The molecule has 0 aromatic heterocycles. The standard InChI is InChI=1S/C14H9ClF2O2/c1-19-12-6-5-8(7-11(12)17)14(18)9-3-2-4-10(16)13(9)15/h2-7H,1H3. The van der Waals surface area contributed by atoms with Crippen molar-refractivity contribution < 1.29 is 18.3 Å². The zero-order valence-electron chi connectivity index (χ0n) is 9.91. The minimum atomic E-state index is -0.693. The van der Waals surface area contributed by atoms with Gasteiger partial charge >= 0.3 is 0 Å². The highest BCUT2D eigenvalue weighted by Crippen LogP contribution is 2.24. The summed E-state index contributed by atoms with van der Waals surface area (Å²) < 4.78 is 31.6. The topological polar surface area (TPSA) is 26.3 Å². The smallest absolute Gasteiger partial charge is 0.194 e. The highest BCUT2D eigenvalue weighted by molar-refractivity contribution is 6.35. The van der Waals surface area contributed by atoms with Crippen molar-refractivity contribution in [2.75, 3.05) is 7.11 Å². The molecule has 0 aliphatic carbocycles. The molecule has 0 N–H and O–H groups in total. The summed E-state index contributed by atoms with van der Waals surface area (Å²) in [6, 6.07) is 7.65. The quantitative estimate of drug-likeness (QED) is 0.799. The Bertz CT molecular complexity index is 641. The van der Waals surface area contributed by atoms with Crippen LogP contribution in [-0.4, -0.2) is 12.9 Å². The molecule has 0 aliphatic rings. The predicted molar refractivity (Wildman–Crippen MR) is 67.8 cm³/mol. The van der Waals surface area contributed by atoms with Gasteiger partial charge in [-0.15, -0.1) is 0 Å². The molecule has 2 nitrogen and oxygen atoms in total. The zero-order valence-corrected chi connectivity index (χ0v) is 10.7. The van der Waals surface area contributed by atoms with Crippen LogP contribution in [0.25, 0.3) is 0 Å². The highest BCUT2D eigenvalue weighted by Gasteiger charge is 2.17. The summed E-state index contributed by atoms with van der Waals surface area (Å²) in [6.45, 7) is 0. The Labute approximate surface area is 113 Å². The van der Waals surface area contributed by atoms with Crippen molar-refractivity contribution in [2.45, 2.75) is 0 Å². The van der Waals surface area contributed by atoms with Crippen molar-refractivity contribution >= 4 is 17.4 Å². The molecule has 0 bridgehead atoms. The lowest BCUT2D eigenvalue weighted by molar-refractivity contribution is 0.103. The molecule has 2 rings (SSSR count). The number of carbonyl (C=O) groups is 1. The molecule has 0 radical (unpaired) electrons. The third-order valence-electron chi connectivity index (χ3n) is 2.61. The lowest BCUT2D eigenvalue weighted by Gasteiger charge is -2.06. The van der Waals surface area contributed by atoms with E-state index in [0.717, 1.165) is 12.1 Å². The summed E-state index contributed by atoms with van der Waals surface area (Å²) in [5, 5.41) is -0.274. The second kappa shape index (κ2) is 5.36. The van der Waals surface area contributed by atoms with E-state index in [1.807, 2.05) is 0 Å². The summed E-state index contributed by atoms with van der Waals surface area (Å²) in [5.74, 6) is -1.88. The van der Waals surface area contributed by atoms with Crippen LogP contribution in [0.1, 0.15) is 15.9 Å². The van der Waals surface area contributed by atoms with Gasteiger partial charge in [-0.3, -0.25) is 4.79 Å². The Morgan fingerprint density at radius 3 is 2.53 bits per heavy atom. The second-order valence-electron chi connectivity index (χ2n) is 3.78. The number of halogens is 3. The van der Waals surface area contributed by atoms with Gasteiger partial charge in [-0.25, -0.2) is 8.78 Å². The molecule has 98 valence electrons. The number of methoxy groups -OCH3 is 1. The molecule has 5 heteroatoms. The van der Waals surface area contributed by atoms with Crippen molar-refractivity contribution in [3.8, 4) is 5.75 Å². The van der Waals surface area contributed by atoms with Crippen molar-refractivity contribution in [1.82, 2.24) is 0 Å². The molecule has 2 aromatic rings. The summed E-state index contributed by atoms with van der Waals surface area (Å²) in [5.41, 5.74) is 0.0667. The van der Waals surface area contributed by atoms with E-state index in [4.69, 9.17) is 16.3 Å². The average Bonchev–Trinajstić information content (AvgIpc) is 2.41. The maximum Gasteiger partial charge on any atom is 0.194 e. The van der Waals surface area contributed by atoms with Gasteiger partial charge in [0.15, 0.2) is 17.3 Å². The number of carbonyl (C=O) groups excluding carboxylic acids is 1. The van der Waals surface area contributed by atoms with E-state index in [1.165, 1.54) is 31.4 Å². The molecule has 0 fully saturated rings.